The summed E-state index contributed by atoms with van der Waals surface area (Å²) < 4.78 is 31.6. The van der Waals surface area contributed by atoms with Crippen LogP contribution in [0, 0.1) is 0 Å². The highest BCUT2D eigenvalue weighted by molar-refractivity contribution is 7.89. The second-order valence-electron chi connectivity index (χ2n) is 4.18. The van der Waals surface area contributed by atoms with Crippen molar-refractivity contribution in [2.24, 2.45) is 0 Å². The van der Waals surface area contributed by atoms with E-state index >= 15 is 0 Å². The van der Waals surface area contributed by atoms with E-state index < -0.39 is 16.1 Å². The first-order valence-electron chi connectivity index (χ1n) is 5.88. The van der Waals surface area contributed by atoms with Gasteiger partial charge < -0.3 is 9.84 Å². The minimum absolute atomic E-state index is 0.0523. The first-order chi connectivity index (χ1) is 8.86. The molecule has 0 amide bonds. The number of rotatable bonds is 7. The summed E-state index contributed by atoms with van der Waals surface area (Å²) in [5.41, 5.74) is 0. The van der Waals surface area contributed by atoms with E-state index in [1.165, 1.54) is 25.3 Å². The van der Waals surface area contributed by atoms with Crippen LogP contribution in [-0.2, 0) is 10.0 Å². The molecule has 108 valence electrons. The van der Waals surface area contributed by atoms with E-state index in [-0.39, 0.29) is 17.2 Å². The van der Waals surface area contributed by atoms with Crippen molar-refractivity contribution in [1.82, 2.24) is 4.72 Å². The highest BCUT2D eigenvalue weighted by atomic mass is 35.5. The number of ether oxygens (including phenoxy) is 1. The maximum Gasteiger partial charge on any atom is 0.244 e. The molecule has 7 heteroatoms. The second-order valence-corrected chi connectivity index (χ2v) is 6.36. The summed E-state index contributed by atoms with van der Waals surface area (Å²) in [4.78, 5) is 0.0523. The molecule has 0 fully saturated rings. The number of methoxy groups -OCH3 is 1. The first kappa shape index (κ1) is 16.2. The molecule has 0 heterocycles. The second kappa shape index (κ2) is 7.09. The van der Waals surface area contributed by atoms with E-state index in [2.05, 4.69) is 4.72 Å². The third kappa shape index (κ3) is 4.99. The van der Waals surface area contributed by atoms with Crippen LogP contribution in [0.15, 0.2) is 23.1 Å². The van der Waals surface area contributed by atoms with Crippen LogP contribution in [-0.4, -0.2) is 33.3 Å². The van der Waals surface area contributed by atoms with Crippen molar-refractivity contribution in [3.05, 3.63) is 23.2 Å². The lowest BCUT2D eigenvalue weighted by molar-refractivity contribution is 0.182. The molecule has 1 rings (SSSR count). The Bertz CT molecular complexity index is 516. The molecule has 1 aromatic carbocycles. The third-order valence-electron chi connectivity index (χ3n) is 2.51. The zero-order valence-corrected chi connectivity index (χ0v) is 12.5. The summed E-state index contributed by atoms with van der Waals surface area (Å²) in [5, 5.41) is 9.51. The fourth-order valence-electron chi connectivity index (χ4n) is 1.55. The van der Waals surface area contributed by atoms with Gasteiger partial charge in [0, 0.05) is 17.6 Å². The SMILES string of the molecule is COc1cc(Cl)ccc1S(=O)(=O)NCCCC(C)O. The molecule has 0 aliphatic rings. The Morgan fingerprint density at radius 2 is 2.16 bits per heavy atom. The molecule has 5 nitrogen and oxygen atoms in total. The van der Waals surface area contributed by atoms with Crippen molar-refractivity contribution in [3.8, 4) is 5.75 Å². The highest BCUT2D eigenvalue weighted by Gasteiger charge is 2.19. The van der Waals surface area contributed by atoms with E-state index in [1.807, 2.05) is 0 Å². The van der Waals surface area contributed by atoms with Crippen molar-refractivity contribution in [2.75, 3.05) is 13.7 Å². The van der Waals surface area contributed by atoms with Gasteiger partial charge in [-0.1, -0.05) is 11.6 Å². The van der Waals surface area contributed by atoms with Crippen molar-refractivity contribution in [3.63, 3.8) is 0 Å². The zero-order valence-electron chi connectivity index (χ0n) is 10.9. The van der Waals surface area contributed by atoms with Gasteiger partial charge in [0.1, 0.15) is 10.6 Å². The lowest BCUT2D eigenvalue weighted by atomic mass is 10.2. The van der Waals surface area contributed by atoms with Gasteiger partial charge >= 0.3 is 0 Å². The Kier molecular flexibility index (Phi) is 6.06. The van der Waals surface area contributed by atoms with Gasteiger partial charge in [0.15, 0.2) is 0 Å². The van der Waals surface area contributed by atoms with Crippen molar-refractivity contribution >= 4 is 21.6 Å². The number of nitrogens with one attached hydrogen (secondary N) is 1. The van der Waals surface area contributed by atoms with Gasteiger partial charge in [-0.3, -0.25) is 0 Å². The number of benzene rings is 1. The Hall–Kier alpha value is -0.820. The first-order valence-corrected chi connectivity index (χ1v) is 7.74. The number of hydrogen-bond donors (Lipinski definition) is 2. The van der Waals surface area contributed by atoms with E-state index in [1.54, 1.807) is 6.92 Å². The van der Waals surface area contributed by atoms with Gasteiger partial charge in [-0.25, -0.2) is 13.1 Å². The normalized spacial score (nSPS) is 13.3. The smallest absolute Gasteiger partial charge is 0.244 e. The molecule has 0 saturated heterocycles. The monoisotopic (exact) mass is 307 g/mol. The predicted molar refractivity (Wildman–Crippen MR) is 74.1 cm³/mol. The van der Waals surface area contributed by atoms with Crippen molar-refractivity contribution < 1.29 is 18.3 Å². The molecule has 0 saturated carbocycles. The van der Waals surface area contributed by atoms with Crippen molar-refractivity contribution in [2.45, 2.75) is 30.8 Å². The van der Waals surface area contributed by atoms with Crippen LogP contribution in [0.5, 0.6) is 5.75 Å². The van der Waals surface area contributed by atoms with Gasteiger partial charge in [0.2, 0.25) is 10.0 Å². The topological polar surface area (TPSA) is 75.6 Å². The Balaban J connectivity index is 2.77. The van der Waals surface area contributed by atoms with Crippen molar-refractivity contribution in [1.29, 1.82) is 0 Å². The molecule has 0 aromatic heterocycles. The molecule has 0 aliphatic carbocycles. The third-order valence-corrected chi connectivity index (χ3v) is 4.24. The summed E-state index contributed by atoms with van der Waals surface area (Å²) in [6.07, 6.45) is 0.669. The maximum absolute atomic E-state index is 12.1. The Morgan fingerprint density at radius 3 is 2.74 bits per heavy atom. The fourth-order valence-corrected chi connectivity index (χ4v) is 2.93. The molecule has 0 spiro atoms. The van der Waals surface area contributed by atoms with Crippen LogP contribution >= 0.6 is 11.6 Å². The molecule has 0 radical (unpaired) electrons. The number of aliphatic hydroxyl groups is 1. The van der Waals surface area contributed by atoms with Gasteiger partial charge in [-0.2, -0.15) is 0 Å². The van der Waals surface area contributed by atoms with Gasteiger partial charge in [-0.15, -0.1) is 0 Å². The summed E-state index contributed by atoms with van der Waals surface area (Å²) in [6, 6.07) is 4.35. The number of halogens is 1. The maximum atomic E-state index is 12.1. The highest BCUT2D eigenvalue weighted by Crippen LogP contribution is 2.26. The minimum atomic E-state index is -3.63. The molecular formula is C12H18ClNO4S. The number of sulfonamides is 1. The molecule has 1 unspecified atom stereocenters. The molecule has 0 aliphatic heterocycles. The van der Waals surface area contributed by atoms with Gasteiger partial charge in [0.05, 0.1) is 13.2 Å². The summed E-state index contributed by atoms with van der Waals surface area (Å²) >= 11 is 5.78. The summed E-state index contributed by atoms with van der Waals surface area (Å²) in [7, 11) is -2.25. The lowest BCUT2D eigenvalue weighted by Gasteiger charge is -2.11. The van der Waals surface area contributed by atoms with E-state index in [0.717, 1.165) is 0 Å². The van der Waals surface area contributed by atoms with E-state index in [4.69, 9.17) is 21.4 Å². The largest absolute Gasteiger partial charge is 0.495 e. The molecule has 1 aromatic rings. The standard InChI is InChI=1S/C12H18ClNO4S/c1-9(15)4-3-7-14-19(16,17)12-6-5-10(13)8-11(12)18-2/h5-6,8-9,14-15H,3-4,7H2,1-2H3. The number of hydrogen-bond acceptors (Lipinski definition) is 4. The quantitative estimate of drug-likeness (QED) is 0.753. The number of aliphatic hydroxyl groups excluding tert-OH is 1. The Morgan fingerprint density at radius 1 is 1.47 bits per heavy atom. The van der Waals surface area contributed by atoms with Gasteiger partial charge in [0.25, 0.3) is 0 Å². The Labute approximate surface area is 118 Å². The molecule has 1 atom stereocenters. The summed E-state index contributed by atoms with van der Waals surface area (Å²) in [6.45, 7) is 1.93. The average Bonchev–Trinajstić information content (AvgIpc) is 2.34. The van der Waals surface area contributed by atoms with Crippen LogP contribution in [0.4, 0.5) is 0 Å². The summed E-state index contributed by atoms with van der Waals surface area (Å²) in [5.74, 6) is 0.204. The van der Waals surface area contributed by atoms with Gasteiger partial charge in [-0.05, 0) is 31.9 Å². The minimum Gasteiger partial charge on any atom is -0.495 e. The van der Waals surface area contributed by atoms with Crippen LogP contribution in [0.3, 0.4) is 0 Å². The lowest BCUT2D eigenvalue weighted by Crippen LogP contribution is -2.25. The predicted octanol–water partition coefficient (Wildman–Crippen LogP) is 1.79. The van der Waals surface area contributed by atoms with Crippen LogP contribution in [0.2, 0.25) is 5.02 Å². The average molecular weight is 308 g/mol. The zero-order chi connectivity index (χ0) is 14.5. The molecule has 2 N–H and O–H groups in total. The molecule has 19 heavy (non-hydrogen) atoms. The van der Waals surface area contributed by atoms with Crippen LogP contribution < -0.4 is 9.46 Å². The molecular weight excluding hydrogens is 290 g/mol. The van der Waals surface area contributed by atoms with Crippen LogP contribution in [0.1, 0.15) is 19.8 Å². The molecule has 0 bridgehead atoms. The van der Waals surface area contributed by atoms with E-state index in [0.29, 0.717) is 17.9 Å². The van der Waals surface area contributed by atoms with E-state index in [9.17, 15) is 8.42 Å². The fraction of sp³-hybridized carbons (Fsp3) is 0.500. The van der Waals surface area contributed by atoms with Crippen LogP contribution in [0.25, 0.3) is 0 Å².